The molecule has 0 fully saturated rings. The Bertz CT molecular complexity index is 962. The maximum Gasteiger partial charge on any atom is 0.325 e. The van der Waals surface area contributed by atoms with Gasteiger partial charge in [0.25, 0.3) is 0 Å². The topological polar surface area (TPSA) is 77.0 Å². The molecule has 0 saturated carbocycles. The number of carbonyl (C=O) groups is 1. The van der Waals surface area contributed by atoms with Gasteiger partial charge in [0.1, 0.15) is 25.4 Å². The maximum atomic E-state index is 12.0. The number of hydrogen-bond donors (Lipinski definition) is 2. The number of esters is 1. The maximum absolute atomic E-state index is 12.0. The lowest BCUT2D eigenvalue weighted by molar-refractivity contribution is -0.146. The predicted octanol–water partition coefficient (Wildman–Crippen LogP) is 3.64. The van der Waals surface area contributed by atoms with Gasteiger partial charge in [-0.25, -0.2) is 0 Å². The van der Waals surface area contributed by atoms with Crippen LogP contribution in [0.4, 0.5) is 0 Å². The van der Waals surface area contributed by atoms with E-state index in [2.05, 4.69) is 5.32 Å². The molecule has 0 heterocycles. The smallest absolute Gasteiger partial charge is 0.325 e. The number of nitrogens with one attached hydrogen (secondary N) is 1. The molecule has 6 heteroatoms. The summed E-state index contributed by atoms with van der Waals surface area (Å²) in [7, 11) is 2.88. The van der Waals surface area contributed by atoms with Crippen LogP contribution in [0.3, 0.4) is 0 Å². The zero-order valence-corrected chi connectivity index (χ0v) is 17.7. The molecule has 31 heavy (non-hydrogen) atoms. The monoisotopic (exact) mass is 421 g/mol. The van der Waals surface area contributed by atoms with Crippen molar-refractivity contribution in [2.24, 2.45) is 0 Å². The van der Waals surface area contributed by atoms with Crippen LogP contribution in [-0.2, 0) is 22.7 Å². The first kappa shape index (κ1) is 22.3. The molecular weight excluding hydrogens is 394 g/mol. The number of rotatable bonds is 10. The van der Waals surface area contributed by atoms with E-state index in [4.69, 9.17) is 14.2 Å². The Labute approximate surface area is 182 Å². The largest absolute Gasteiger partial charge is 0.485 e. The summed E-state index contributed by atoms with van der Waals surface area (Å²) in [6.45, 7) is 0.723. The average molecular weight is 421 g/mol. The van der Waals surface area contributed by atoms with Crippen molar-refractivity contribution >= 4 is 5.97 Å². The number of carbonyl (C=O) groups excluding carboxylic acids is 1. The fourth-order valence-electron chi connectivity index (χ4n) is 3.14. The standard InChI is InChI=1S/C25H27NO5/c1-26-23(25(28)29-2)24(27)20-13-14-21(30-16-18-9-5-3-6-10-18)22(15-20)31-17-19-11-7-4-8-12-19/h3-15,23-24,26-27H,16-17H2,1-2H3/t23-,24?/m0/s1. The molecule has 162 valence electrons. The van der Waals surface area contributed by atoms with E-state index in [1.54, 1.807) is 25.2 Å². The minimum Gasteiger partial charge on any atom is -0.485 e. The summed E-state index contributed by atoms with van der Waals surface area (Å²) in [4.78, 5) is 12.0. The van der Waals surface area contributed by atoms with Crippen molar-refractivity contribution in [3.63, 3.8) is 0 Å². The number of aliphatic hydroxyl groups excluding tert-OH is 1. The van der Waals surface area contributed by atoms with E-state index >= 15 is 0 Å². The van der Waals surface area contributed by atoms with Gasteiger partial charge in [-0.15, -0.1) is 0 Å². The lowest BCUT2D eigenvalue weighted by Gasteiger charge is -2.22. The van der Waals surface area contributed by atoms with Crippen molar-refractivity contribution in [2.45, 2.75) is 25.4 Å². The number of ether oxygens (including phenoxy) is 3. The van der Waals surface area contributed by atoms with Gasteiger partial charge in [0.05, 0.1) is 7.11 Å². The zero-order valence-electron chi connectivity index (χ0n) is 17.7. The van der Waals surface area contributed by atoms with E-state index in [9.17, 15) is 9.90 Å². The summed E-state index contributed by atoms with van der Waals surface area (Å²) >= 11 is 0. The zero-order chi connectivity index (χ0) is 22.1. The van der Waals surface area contributed by atoms with Crippen LogP contribution in [0, 0.1) is 0 Å². The summed E-state index contributed by atoms with van der Waals surface area (Å²) in [6, 6.07) is 23.9. The molecule has 2 N–H and O–H groups in total. The normalized spacial score (nSPS) is 12.6. The van der Waals surface area contributed by atoms with Crippen LogP contribution >= 0.6 is 0 Å². The van der Waals surface area contributed by atoms with Gasteiger partial charge in [-0.1, -0.05) is 66.7 Å². The molecule has 0 saturated heterocycles. The first-order valence-corrected chi connectivity index (χ1v) is 10.0. The van der Waals surface area contributed by atoms with Gasteiger partial charge >= 0.3 is 5.97 Å². The van der Waals surface area contributed by atoms with Crippen molar-refractivity contribution in [1.29, 1.82) is 0 Å². The Morgan fingerprint density at radius 3 is 1.94 bits per heavy atom. The van der Waals surface area contributed by atoms with Gasteiger partial charge in [-0.05, 0) is 35.9 Å². The lowest BCUT2D eigenvalue weighted by Crippen LogP contribution is -2.40. The first-order valence-electron chi connectivity index (χ1n) is 10.0. The molecule has 6 nitrogen and oxygen atoms in total. The van der Waals surface area contributed by atoms with E-state index in [1.807, 2.05) is 60.7 Å². The average Bonchev–Trinajstić information content (AvgIpc) is 2.83. The van der Waals surface area contributed by atoms with Crippen LogP contribution < -0.4 is 14.8 Å². The van der Waals surface area contributed by atoms with Crippen molar-refractivity contribution in [3.05, 3.63) is 95.6 Å². The number of methoxy groups -OCH3 is 1. The molecule has 3 aromatic rings. The van der Waals surface area contributed by atoms with Crippen molar-refractivity contribution in [2.75, 3.05) is 14.2 Å². The Morgan fingerprint density at radius 1 is 0.871 bits per heavy atom. The van der Waals surface area contributed by atoms with E-state index in [0.29, 0.717) is 30.3 Å². The van der Waals surface area contributed by atoms with Gasteiger partial charge < -0.3 is 24.6 Å². The molecule has 3 aromatic carbocycles. The van der Waals surface area contributed by atoms with Gasteiger partial charge in [0, 0.05) is 0 Å². The first-order chi connectivity index (χ1) is 15.1. The number of likely N-dealkylation sites (N-methyl/N-ethyl adjacent to an activating group) is 1. The van der Waals surface area contributed by atoms with Crippen LogP contribution in [0.15, 0.2) is 78.9 Å². The van der Waals surface area contributed by atoms with Gasteiger partial charge in [0.2, 0.25) is 0 Å². The molecule has 1 unspecified atom stereocenters. The third kappa shape index (κ3) is 6.07. The summed E-state index contributed by atoms with van der Waals surface area (Å²) in [6.07, 6.45) is -1.11. The van der Waals surface area contributed by atoms with Crippen molar-refractivity contribution in [1.82, 2.24) is 5.32 Å². The van der Waals surface area contributed by atoms with E-state index in [0.717, 1.165) is 11.1 Å². The highest BCUT2D eigenvalue weighted by Crippen LogP contribution is 2.33. The molecule has 0 radical (unpaired) electrons. The van der Waals surface area contributed by atoms with Crippen molar-refractivity contribution in [3.8, 4) is 11.5 Å². The predicted molar refractivity (Wildman–Crippen MR) is 118 cm³/mol. The highest BCUT2D eigenvalue weighted by molar-refractivity contribution is 5.76. The molecule has 0 aromatic heterocycles. The van der Waals surface area contributed by atoms with Crippen molar-refractivity contribution < 1.29 is 24.1 Å². The minimum absolute atomic E-state index is 0.342. The Hall–Kier alpha value is -3.35. The fraction of sp³-hybridized carbons (Fsp3) is 0.240. The van der Waals surface area contributed by atoms with Crippen LogP contribution in [0.2, 0.25) is 0 Å². The van der Waals surface area contributed by atoms with Crippen LogP contribution in [0.25, 0.3) is 0 Å². The van der Waals surface area contributed by atoms with Gasteiger partial charge in [0.15, 0.2) is 11.5 Å². The molecule has 0 aliphatic heterocycles. The summed E-state index contributed by atoms with van der Waals surface area (Å²) in [5.74, 6) is 0.483. The summed E-state index contributed by atoms with van der Waals surface area (Å²) in [5, 5.41) is 13.5. The summed E-state index contributed by atoms with van der Waals surface area (Å²) < 4.78 is 16.8. The van der Waals surface area contributed by atoms with Crippen LogP contribution in [0.1, 0.15) is 22.8 Å². The summed E-state index contributed by atoms with van der Waals surface area (Å²) in [5.41, 5.74) is 2.55. The second kappa shape index (κ2) is 11.2. The molecule has 0 spiro atoms. The lowest BCUT2D eigenvalue weighted by atomic mass is 10.0. The quantitative estimate of drug-likeness (QED) is 0.487. The Kier molecular flexibility index (Phi) is 8.04. The second-order valence-electron chi connectivity index (χ2n) is 6.99. The molecule has 0 aliphatic rings. The van der Waals surface area contributed by atoms with Gasteiger partial charge in [-0.2, -0.15) is 0 Å². The van der Waals surface area contributed by atoms with E-state index in [-0.39, 0.29) is 0 Å². The highest BCUT2D eigenvalue weighted by Gasteiger charge is 2.28. The Balaban J connectivity index is 1.83. The fourth-order valence-corrected chi connectivity index (χ4v) is 3.14. The third-order valence-corrected chi connectivity index (χ3v) is 4.87. The SMILES string of the molecule is CN[C@H](C(=O)OC)C(O)c1ccc(OCc2ccccc2)c(OCc2ccccc2)c1. The molecule has 0 bridgehead atoms. The van der Waals surface area contributed by atoms with E-state index in [1.165, 1.54) is 7.11 Å². The second-order valence-corrected chi connectivity index (χ2v) is 6.99. The minimum atomic E-state index is -1.11. The van der Waals surface area contributed by atoms with E-state index < -0.39 is 18.1 Å². The molecule has 3 rings (SSSR count). The number of hydrogen-bond acceptors (Lipinski definition) is 6. The molecule has 0 amide bonds. The Morgan fingerprint density at radius 2 is 1.42 bits per heavy atom. The van der Waals surface area contributed by atoms with Gasteiger partial charge in [-0.3, -0.25) is 4.79 Å². The van der Waals surface area contributed by atoms with Crippen LogP contribution in [-0.4, -0.2) is 31.3 Å². The molecular formula is C25H27NO5. The molecule has 0 aliphatic carbocycles. The molecule has 2 atom stereocenters. The third-order valence-electron chi connectivity index (χ3n) is 4.87. The highest BCUT2D eigenvalue weighted by atomic mass is 16.5. The van der Waals surface area contributed by atoms with Crippen LogP contribution in [0.5, 0.6) is 11.5 Å². The number of aliphatic hydroxyl groups is 1. The number of benzene rings is 3.